The van der Waals surface area contributed by atoms with Crippen molar-refractivity contribution in [2.24, 2.45) is 17.8 Å². The second-order valence-electron chi connectivity index (χ2n) is 9.78. The van der Waals surface area contributed by atoms with Crippen LogP contribution in [0.1, 0.15) is 41.2 Å². The Morgan fingerprint density at radius 2 is 1.89 bits per heavy atom. The number of fused-ring (bicyclic) bond motifs is 6. The Kier molecular flexibility index (Phi) is 6.12. The Morgan fingerprint density at radius 1 is 1.11 bits per heavy atom. The molecule has 10 heteroatoms. The van der Waals surface area contributed by atoms with Crippen LogP contribution in [0.5, 0.6) is 0 Å². The van der Waals surface area contributed by atoms with E-state index >= 15 is 0 Å². The minimum atomic E-state index is -4.50. The van der Waals surface area contributed by atoms with Crippen LogP contribution in [0.3, 0.4) is 0 Å². The Balaban J connectivity index is 1.33. The van der Waals surface area contributed by atoms with Gasteiger partial charge in [-0.2, -0.15) is 13.2 Å². The van der Waals surface area contributed by atoms with E-state index in [1.54, 1.807) is 11.8 Å². The summed E-state index contributed by atoms with van der Waals surface area (Å²) in [5.41, 5.74) is 0.398. The molecule has 1 amide bonds. The molecule has 1 aliphatic heterocycles. The van der Waals surface area contributed by atoms with Gasteiger partial charge < -0.3 is 5.32 Å². The standard InChI is InChI=1S/C26H22BrF3N2O2S2/c27-17-5-1-3-13(10-17)21-20-14-7-8-15(9-14)22(20)35-24-23(21)36-25(34)32(24)12-19(33)31-18-6-2-4-16(11-18)26(28,29)30/h1-6,10-11,14-15,20-22H,7-9,12H2,(H,31,33). The van der Waals surface area contributed by atoms with E-state index in [1.807, 2.05) is 12.1 Å². The Bertz CT molecular complexity index is 1400. The van der Waals surface area contributed by atoms with Crippen molar-refractivity contribution in [3.8, 4) is 0 Å². The predicted molar refractivity (Wildman–Crippen MR) is 139 cm³/mol. The highest BCUT2D eigenvalue weighted by molar-refractivity contribution is 9.10. The first kappa shape index (κ1) is 24.3. The lowest BCUT2D eigenvalue weighted by molar-refractivity contribution is -0.137. The Hall–Kier alpha value is -2.04. The van der Waals surface area contributed by atoms with Crippen LogP contribution in [0.2, 0.25) is 0 Å². The molecular formula is C26H22BrF3N2O2S2. The Morgan fingerprint density at radius 3 is 2.67 bits per heavy atom. The third-order valence-electron chi connectivity index (χ3n) is 7.67. The first-order chi connectivity index (χ1) is 17.2. The molecule has 2 heterocycles. The van der Waals surface area contributed by atoms with Gasteiger partial charge in [0.05, 0.1) is 10.6 Å². The molecule has 5 atom stereocenters. The maximum absolute atomic E-state index is 13.2. The van der Waals surface area contributed by atoms with Crippen LogP contribution in [0, 0.1) is 17.8 Å². The van der Waals surface area contributed by atoms with Crippen molar-refractivity contribution in [2.45, 2.75) is 48.2 Å². The highest BCUT2D eigenvalue weighted by atomic mass is 79.9. The summed E-state index contributed by atoms with van der Waals surface area (Å²) in [7, 11) is 0. The first-order valence-electron chi connectivity index (χ1n) is 11.8. The van der Waals surface area contributed by atoms with Crippen molar-refractivity contribution in [2.75, 3.05) is 5.32 Å². The quantitative estimate of drug-likeness (QED) is 0.354. The fraction of sp³-hybridized carbons (Fsp3) is 0.385. The number of aromatic nitrogens is 1. The van der Waals surface area contributed by atoms with Crippen molar-refractivity contribution in [3.63, 3.8) is 0 Å². The molecule has 2 saturated carbocycles. The lowest BCUT2D eigenvalue weighted by Crippen LogP contribution is -2.34. The number of carbonyl (C=O) groups excluding carboxylic acids is 1. The number of halogens is 4. The monoisotopic (exact) mass is 594 g/mol. The van der Waals surface area contributed by atoms with E-state index in [4.69, 9.17) is 0 Å². The van der Waals surface area contributed by atoms with Gasteiger partial charge in [-0.1, -0.05) is 45.5 Å². The zero-order chi connectivity index (χ0) is 25.2. The van der Waals surface area contributed by atoms with Gasteiger partial charge in [-0.15, -0.1) is 11.8 Å². The minimum absolute atomic E-state index is 0.0554. The zero-order valence-corrected chi connectivity index (χ0v) is 22.1. The number of thioether (sulfide) groups is 1. The number of amides is 1. The number of nitrogens with one attached hydrogen (secondary N) is 1. The van der Waals surface area contributed by atoms with Crippen LogP contribution >= 0.6 is 39.0 Å². The number of carbonyl (C=O) groups is 1. The fourth-order valence-electron chi connectivity index (χ4n) is 6.28. The summed E-state index contributed by atoms with van der Waals surface area (Å²) in [5.74, 6) is 1.28. The molecule has 2 aromatic carbocycles. The molecule has 0 spiro atoms. The lowest BCUT2D eigenvalue weighted by Gasteiger charge is -2.40. The van der Waals surface area contributed by atoms with Gasteiger partial charge in [-0.3, -0.25) is 14.2 Å². The summed E-state index contributed by atoms with van der Waals surface area (Å²) in [4.78, 5) is 26.8. The second kappa shape index (κ2) is 9.06. The van der Waals surface area contributed by atoms with Crippen molar-refractivity contribution >= 4 is 50.6 Å². The highest BCUT2D eigenvalue weighted by Crippen LogP contribution is 2.64. The van der Waals surface area contributed by atoms with Gasteiger partial charge in [0.15, 0.2) is 0 Å². The van der Waals surface area contributed by atoms with E-state index < -0.39 is 17.6 Å². The van der Waals surface area contributed by atoms with Gasteiger partial charge in [-0.25, -0.2) is 0 Å². The minimum Gasteiger partial charge on any atom is -0.325 e. The molecule has 3 aliphatic rings. The van der Waals surface area contributed by atoms with Crippen LogP contribution in [0.15, 0.2) is 62.8 Å². The summed E-state index contributed by atoms with van der Waals surface area (Å²) in [6.45, 7) is -0.232. The first-order valence-corrected chi connectivity index (χ1v) is 14.3. The van der Waals surface area contributed by atoms with Gasteiger partial charge in [0, 0.05) is 26.2 Å². The van der Waals surface area contributed by atoms with Crippen LogP contribution in [0.4, 0.5) is 18.9 Å². The summed E-state index contributed by atoms with van der Waals surface area (Å²) >= 11 is 6.52. The largest absolute Gasteiger partial charge is 0.416 e. The number of nitrogens with zero attached hydrogens (tertiary/aromatic N) is 1. The third-order valence-corrected chi connectivity index (χ3v) is 11.0. The van der Waals surface area contributed by atoms with Crippen LogP contribution < -0.4 is 10.2 Å². The smallest absolute Gasteiger partial charge is 0.325 e. The lowest BCUT2D eigenvalue weighted by atomic mass is 9.75. The molecule has 2 fully saturated rings. The number of benzene rings is 2. The van der Waals surface area contributed by atoms with Crippen LogP contribution in [-0.4, -0.2) is 15.7 Å². The zero-order valence-electron chi connectivity index (χ0n) is 18.9. The fourth-order valence-corrected chi connectivity index (χ4v) is 9.85. The summed E-state index contributed by atoms with van der Waals surface area (Å²) in [5, 5.41) is 3.77. The van der Waals surface area contributed by atoms with Crippen molar-refractivity contribution < 1.29 is 18.0 Å². The van der Waals surface area contributed by atoms with Gasteiger partial charge >= 0.3 is 11.0 Å². The molecule has 5 unspecified atom stereocenters. The average Bonchev–Trinajstić information content (AvgIpc) is 3.52. The van der Waals surface area contributed by atoms with E-state index in [2.05, 4.69) is 33.4 Å². The summed E-state index contributed by atoms with van der Waals surface area (Å²) < 4.78 is 41.7. The molecule has 6 rings (SSSR count). The van der Waals surface area contributed by atoms with Crippen molar-refractivity contribution in [1.29, 1.82) is 0 Å². The maximum Gasteiger partial charge on any atom is 0.416 e. The molecule has 4 nitrogen and oxygen atoms in total. The summed E-state index contributed by atoms with van der Waals surface area (Å²) in [6, 6.07) is 12.8. The van der Waals surface area contributed by atoms with E-state index in [-0.39, 0.29) is 23.0 Å². The molecule has 188 valence electrons. The van der Waals surface area contributed by atoms with Crippen LogP contribution in [-0.2, 0) is 17.5 Å². The normalized spacial score (nSPS) is 26.5. The van der Waals surface area contributed by atoms with E-state index in [0.29, 0.717) is 23.0 Å². The average molecular weight is 596 g/mol. The molecule has 36 heavy (non-hydrogen) atoms. The molecule has 1 aromatic heterocycles. The summed E-state index contributed by atoms with van der Waals surface area (Å²) in [6.07, 6.45) is -0.869. The maximum atomic E-state index is 13.2. The number of thiazole rings is 1. The number of rotatable bonds is 4. The topological polar surface area (TPSA) is 51.1 Å². The van der Waals surface area contributed by atoms with Crippen LogP contribution in [0.25, 0.3) is 0 Å². The predicted octanol–water partition coefficient (Wildman–Crippen LogP) is 6.98. The Labute approximate surface area is 222 Å². The number of hydrogen-bond acceptors (Lipinski definition) is 4. The van der Waals surface area contributed by atoms with Crippen molar-refractivity contribution in [3.05, 3.63) is 78.7 Å². The van der Waals surface area contributed by atoms with Gasteiger partial charge in [-0.05, 0) is 72.9 Å². The molecular weight excluding hydrogens is 573 g/mol. The third kappa shape index (κ3) is 4.24. The number of alkyl halides is 3. The molecule has 2 bridgehead atoms. The van der Waals surface area contributed by atoms with E-state index in [0.717, 1.165) is 26.5 Å². The molecule has 1 N–H and O–H groups in total. The number of anilines is 1. The van der Waals surface area contributed by atoms with Crippen molar-refractivity contribution in [1.82, 2.24) is 4.57 Å². The molecule has 0 saturated heterocycles. The highest BCUT2D eigenvalue weighted by Gasteiger charge is 2.55. The molecule has 3 aromatic rings. The number of hydrogen-bond donors (Lipinski definition) is 1. The van der Waals surface area contributed by atoms with Gasteiger partial charge in [0.1, 0.15) is 6.54 Å². The van der Waals surface area contributed by atoms with Gasteiger partial charge in [0.25, 0.3) is 0 Å². The SMILES string of the molecule is O=C(Cn1c2c(sc1=O)C(c1cccc(Br)c1)C1C3CCC(C3)C1S2)Nc1cccc(C(F)(F)F)c1. The second-order valence-corrected chi connectivity index (χ2v) is 12.9. The molecule has 2 aliphatic carbocycles. The molecule has 0 radical (unpaired) electrons. The van der Waals surface area contributed by atoms with Gasteiger partial charge in [0.2, 0.25) is 5.91 Å². The van der Waals surface area contributed by atoms with E-state index in [1.165, 1.54) is 52.9 Å². The van der Waals surface area contributed by atoms with E-state index in [9.17, 15) is 22.8 Å².